The van der Waals surface area contributed by atoms with Crippen molar-refractivity contribution in [1.82, 2.24) is 4.90 Å². The molecule has 0 unspecified atom stereocenters. The Kier molecular flexibility index (Phi) is 4.72. The van der Waals surface area contributed by atoms with Gasteiger partial charge < -0.3 is 16.0 Å². The molecule has 3 N–H and O–H groups in total. The van der Waals surface area contributed by atoms with Gasteiger partial charge in [-0.15, -0.1) is 0 Å². The molecule has 0 aliphatic carbocycles. The number of hydrogen-bond acceptors (Lipinski definition) is 3. The molecule has 0 aromatic heterocycles. The van der Waals surface area contributed by atoms with Crippen LogP contribution in [0, 0.1) is 0 Å². The number of nitrogens with two attached hydrogens (primary N) is 1. The molecule has 1 aromatic rings. The Bertz CT molecular complexity index is 511. The summed E-state index contributed by atoms with van der Waals surface area (Å²) in [5.74, 6) is -0.242. The van der Waals surface area contributed by atoms with E-state index in [1.54, 1.807) is 0 Å². The van der Waals surface area contributed by atoms with Gasteiger partial charge in [-0.2, -0.15) is 13.2 Å². The van der Waals surface area contributed by atoms with Crippen LogP contribution < -0.4 is 11.1 Å². The monoisotopic (exact) mass is 301 g/mol. The number of carbonyl (C=O) groups excluding carboxylic acids is 1. The highest BCUT2D eigenvalue weighted by Gasteiger charge is 2.30. The van der Waals surface area contributed by atoms with E-state index in [0.717, 1.165) is 38.1 Å². The van der Waals surface area contributed by atoms with Crippen LogP contribution in [0.15, 0.2) is 18.2 Å². The predicted molar refractivity (Wildman–Crippen MR) is 74.8 cm³/mol. The van der Waals surface area contributed by atoms with Crippen molar-refractivity contribution in [1.29, 1.82) is 0 Å². The fourth-order valence-corrected chi connectivity index (χ4v) is 2.33. The number of amides is 1. The zero-order valence-electron chi connectivity index (χ0n) is 11.5. The van der Waals surface area contributed by atoms with Crippen LogP contribution >= 0.6 is 0 Å². The SMILES string of the molecule is Nc1cc(C(F)(F)F)ccc1NC(=O)CCN1CCCC1. The van der Waals surface area contributed by atoms with E-state index in [4.69, 9.17) is 5.73 Å². The molecule has 1 aromatic carbocycles. The van der Waals surface area contributed by atoms with Gasteiger partial charge in [-0.25, -0.2) is 0 Å². The summed E-state index contributed by atoms with van der Waals surface area (Å²) in [7, 11) is 0. The van der Waals surface area contributed by atoms with E-state index in [2.05, 4.69) is 10.2 Å². The highest BCUT2D eigenvalue weighted by molar-refractivity contribution is 5.94. The summed E-state index contributed by atoms with van der Waals surface area (Å²) in [4.78, 5) is 14.0. The molecule has 1 saturated heterocycles. The summed E-state index contributed by atoms with van der Waals surface area (Å²) in [6, 6.07) is 2.93. The van der Waals surface area contributed by atoms with E-state index >= 15 is 0 Å². The Morgan fingerprint density at radius 1 is 1.29 bits per heavy atom. The highest BCUT2D eigenvalue weighted by atomic mass is 19.4. The van der Waals surface area contributed by atoms with Gasteiger partial charge >= 0.3 is 6.18 Å². The Morgan fingerprint density at radius 3 is 2.52 bits per heavy atom. The lowest BCUT2D eigenvalue weighted by molar-refractivity contribution is -0.137. The van der Waals surface area contributed by atoms with Gasteiger partial charge in [-0.3, -0.25) is 4.79 Å². The summed E-state index contributed by atoms with van der Waals surface area (Å²) < 4.78 is 37.5. The maximum atomic E-state index is 12.5. The zero-order valence-corrected chi connectivity index (χ0v) is 11.5. The molecule has 1 fully saturated rings. The highest BCUT2D eigenvalue weighted by Crippen LogP contribution is 2.32. The van der Waals surface area contributed by atoms with Gasteiger partial charge in [-0.1, -0.05) is 0 Å². The first-order chi connectivity index (χ1) is 9.86. The van der Waals surface area contributed by atoms with E-state index in [1.807, 2.05) is 0 Å². The maximum Gasteiger partial charge on any atom is 0.416 e. The molecular weight excluding hydrogens is 283 g/mol. The summed E-state index contributed by atoms with van der Waals surface area (Å²) in [5, 5.41) is 2.55. The van der Waals surface area contributed by atoms with E-state index in [9.17, 15) is 18.0 Å². The Morgan fingerprint density at radius 2 is 1.95 bits per heavy atom. The third-order valence-electron chi connectivity index (χ3n) is 3.51. The van der Waals surface area contributed by atoms with Crippen molar-refractivity contribution in [2.45, 2.75) is 25.4 Å². The number of alkyl halides is 3. The number of halogens is 3. The van der Waals surface area contributed by atoms with Crippen LogP contribution in [0.5, 0.6) is 0 Å². The van der Waals surface area contributed by atoms with Crippen LogP contribution in [-0.4, -0.2) is 30.4 Å². The molecule has 1 aliphatic rings. The number of nitrogen functional groups attached to an aromatic ring is 1. The lowest BCUT2D eigenvalue weighted by Gasteiger charge is -2.15. The number of likely N-dealkylation sites (tertiary alicyclic amines) is 1. The molecule has 0 atom stereocenters. The average molecular weight is 301 g/mol. The second-order valence-corrected chi connectivity index (χ2v) is 5.15. The Labute approximate surface area is 121 Å². The summed E-state index contributed by atoms with van der Waals surface area (Å²) >= 11 is 0. The summed E-state index contributed by atoms with van der Waals surface area (Å²) in [6.45, 7) is 2.65. The fraction of sp³-hybridized carbons (Fsp3) is 0.500. The second kappa shape index (κ2) is 6.34. The van der Waals surface area contributed by atoms with Gasteiger partial charge in [0.15, 0.2) is 0 Å². The van der Waals surface area contributed by atoms with Crippen molar-refractivity contribution in [2.75, 3.05) is 30.7 Å². The number of rotatable bonds is 4. The van der Waals surface area contributed by atoms with Gasteiger partial charge in [-0.05, 0) is 44.1 Å². The third kappa shape index (κ3) is 4.35. The average Bonchev–Trinajstić information content (AvgIpc) is 2.91. The van der Waals surface area contributed by atoms with Crippen LogP contribution in [0.25, 0.3) is 0 Å². The normalized spacial score (nSPS) is 16.1. The molecule has 0 bridgehead atoms. The van der Waals surface area contributed by atoms with Crippen molar-refractivity contribution in [3.05, 3.63) is 23.8 Å². The minimum Gasteiger partial charge on any atom is -0.397 e. The van der Waals surface area contributed by atoms with Crippen LogP contribution in [-0.2, 0) is 11.0 Å². The second-order valence-electron chi connectivity index (χ2n) is 5.15. The number of nitrogens with zero attached hydrogens (tertiary/aromatic N) is 1. The van der Waals surface area contributed by atoms with E-state index in [0.29, 0.717) is 13.0 Å². The molecule has 1 heterocycles. The molecule has 2 rings (SSSR count). The smallest absolute Gasteiger partial charge is 0.397 e. The quantitative estimate of drug-likeness (QED) is 0.841. The van der Waals surface area contributed by atoms with Gasteiger partial charge in [0.05, 0.1) is 16.9 Å². The molecular formula is C14H18F3N3O. The van der Waals surface area contributed by atoms with E-state index in [-0.39, 0.29) is 17.3 Å². The first-order valence-electron chi connectivity index (χ1n) is 6.85. The fourth-order valence-electron chi connectivity index (χ4n) is 2.33. The topological polar surface area (TPSA) is 58.4 Å². The number of benzene rings is 1. The van der Waals surface area contributed by atoms with Gasteiger partial charge in [0.1, 0.15) is 0 Å². The summed E-state index contributed by atoms with van der Waals surface area (Å²) in [5.41, 5.74) is 4.87. The van der Waals surface area contributed by atoms with Crippen molar-refractivity contribution in [2.24, 2.45) is 0 Å². The lowest BCUT2D eigenvalue weighted by Crippen LogP contribution is -2.25. The lowest BCUT2D eigenvalue weighted by atomic mass is 10.1. The molecule has 21 heavy (non-hydrogen) atoms. The standard InChI is InChI=1S/C14H18F3N3O/c15-14(16,17)10-3-4-12(11(18)9-10)19-13(21)5-8-20-6-1-2-7-20/h3-4,9H,1-2,5-8,18H2,(H,19,21). The maximum absolute atomic E-state index is 12.5. The molecule has 0 saturated carbocycles. The van der Waals surface area contributed by atoms with Gasteiger partial charge in [0, 0.05) is 13.0 Å². The molecule has 116 valence electrons. The molecule has 1 aliphatic heterocycles. The number of nitrogens with one attached hydrogen (secondary N) is 1. The number of anilines is 2. The minimum atomic E-state index is -4.44. The van der Waals surface area contributed by atoms with E-state index in [1.165, 1.54) is 6.07 Å². The molecule has 0 spiro atoms. The number of carbonyl (C=O) groups is 1. The molecule has 4 nitrogen and oxygen atoms in total. The van der Waals surface area contributed by atoms with Crippen LogP contribution in [0.1, 0.15) is 24.8 Å². The molecule has 1 amide bonds. The minimum absolute atomic E-state index is 0.0839. The first kappa shape index (κ1) is 15.6. The molecule has 0 radical (unpaired) electrons. The van der Waals surface area contributed by atoms with Gasteiger partial charge in [0.2, 0.25) is 5.91 Å². The van der Waals surface area contributed by atoms with Crippen molar-refractivity contribution in [3.63, 3.8) is 0 Å². The Balaban J connectivity index is 1.91. The predicted octanol–water partition coefficient (Wildman–Crippen LogP) is 2.71. The molecule has 7 heteroatoms. The van der Waals surface area contributed by atoms with Crippen LogP contribution in [0.3, 0.4) is 0 Å². The van der Waals surface area contributed by atoms with Gasteiger partial charge in [0.25, 0.3) is 0 Å². The number of hydrogen-bond donors (Lipinski definition) is 2. The van der Waals surface area contributed by atoms with Crippen LogP contribution in [0.4, 0.5) is 24.5 Å². The van der Waals surface area contributed by atoms with Crippen molar-refractivity contribution in [3.8, 4) is 0 Å². The van der Waals surface area contributed by atoms with Crippen molar-refractivity contribution >= 4 is 17.3 Å². The van der Waals surface area contributed by atoms with Crippen LogP contribution in [0.2, 0.25) is 0 Å². The Hall–Kier alpha value is -1.76. The largest absolute Gasteiger partial charge is 0.416 e. The zero-order chi connectivity index (χ0) is 15.5. The van der Waals surface area contributed by atoms with E-state index < -0.39 is 11.7 Å². The first-order valence-corrected chi connectivity index (χ1v) is 6.85. The summed E-state index contributed by atoms with van der Waals surface area (Å²) in [6.07, 6.45) is -1.84. The van der Waals surface area contributed by atoms with Crippen molar-refractivity contribution < 1.29 is 18.0 Å². The third-order valence-corrected chi connectivity index (χ3v) is 3.51.